The van der Waals surface area contributed by atoms with Gasteiger partial charge < -0.3 is 15.2 Å². The molecule has 2 N–H and O–H groups in total. The Morgan fingerprint density at radius 2 is 1.96 bits per heavy atom. The Kier molecular flexibility index (Phi) is 4.98. The SMILES string of the molecule is O=C(NCc1nc(-c2ccccc2Cl)no1)Nc1cccc(Cl)c1. The van der Waals surface area contributed by atoms with Crippen molar-refractivity contribution in [2.24, 2.45) is 0 Å². The highest BCUT2D eigenvalue weighted by Gasteiger charge is 2.12. The van der Waals surface area contributed by atoms with Crippen molar-refractivity contribution in [2.45, 2.75) is 6.54 Å². The molecule has 0 saturated heterocycles. The molecule has 0 bridgehead atoms. The molecular formula is C16H12Cl2N4O2. The highest BCUT2D eigenvalue weighted by atomic mass is 35.5. The van der Waals surface area contributed by atoms with Crippen molar-refractivity contribution < 1.29 is 9.32 Å². The summed E-state index contributed by atoms with van der Waals surface area (Å²) in [5.74, 6) is 0.638. The van der Waals surface area contributed by atoms with Crippen LogP contribution in [0.25, 0.3) is 11.4 Å². The van der Waals surface area contributed by atoms with Gasteiger partial charge in [-0.2, -0.15) is 4.98 Å². The molecule has 0 aliphatic rings. The van der Waals surface area contributed by atoms with E-state index >= 15 is 0 Å². The van der Waals surface area contributed by atoms with E-state index < -0.39 is 6.03 Å². The van der Waals surface area contributed by atoms with Crippen LogP contribution in [0.3, 0.4) is 0 Å². The largest absolute Gasteiger partial charge is 0.337 e. The standard InChI is InChI=1S/C16H12Cl2N4O2/c17-10-4-3-5-11(8-10)20-16(23)19-9-14-21-15(22-24-14)12-6-1-2-7-13(12)18/h1-8H,9H2,(H2,19,20,23). The van der Waals surface area contributed by atoms with Gasteiger partial charge in [-0.15, -0.1) is 0 Å². The van der Waals surface area contributed by atoms with Crippen LogP contribution in [-0.4, -0.2) is 16.2 Å². The van der Waals surface area contributed by atoms with Gasteiger partial charge in [0, 0.05) is 16.3 Å². The molecule has 8 heteroatoms. The number of hydrogen-bond acceptors (Lipinski definition) is 4. The Bertz CT molecular complexity index is 867. The average molecular weight is 363 g/mol. The molecule has 6 nitrogen and oxygen atoms in total. The van der Waals surface area contributed by atoms with Gasteiger partial charge in [0.1, 0.15) is 0 Å². The summed E-state index contributed by atoms with van der Waals surface area (Å²) in [5, 5.41) is 10.2. The van der Waals surface area contributed by atoms with Crippen molar-refractivity contribution in [3.63, 3.8) is 0 Å². The third kappa shape index (κ3) is 4.04. The van der Waals surface area contributed by atoms with E-state index in [9.17, 15) is 4.79 Å². The zero-order valence-corrected chi connectivity index (χ0v) is 13.8. The highest BCUT2D eigenvalue weighted by Crippen LogP contribution is 2.24. The summed E-state index contributed by atoms with van der Waals surface area (Å²) in [6, 6.07) is 13.6. The van der Waals surface area contributed by atoms with Gasteiger partial charge in [-0.25, -0.2) is 4.79 Å². The van der Waals surface area contributed by atoms with Crippen molar-refractivity contribution in [1.82, 2.24) is 15.5 Å². The van der Waals surface area contributed by atoms with Crippen LogP contribution in [-0.2, 0) is 6.54 Å². The van der Waals surface area contributed by atoms with Gasteiger partial charge in [0.25, 0.3) is 0 Å². The van der Waals surface area contributed by atoms with Crippen LogP contribution in [0.1, 0.15) is 5.89 Å². The second kappa shape index (κ2) is 7.33. The molecule has 2 aromatic carbocycles. The van der Waals surface area contributed by atoms with E-state index in [-0.39, 0.29) is 12.4 Å². The van der Waals surface area contributed by atoms with Crippen molar-refractivity contribution in [1.29, 1.82) is 0 Å². The summed E-state index contributed by atoms with van der Waals surface area (Å²) in [5.41, 5.74) is 1.25. The Morgan fingerprint density at radius 1 is 1.12 bits per heavy atom. The van der Waals surface area contributed by atoms with Crippen molar-refractivity contribution >= 4 is 34.9 Å². The van der Waals surface area contributed by atoms with Crippen LogP contribution >= 0.6 is 23.2 Å². The molecule has 0 atom stereocenters. The fraction of sp³-hybridized carbons (Fsp3) is 0.0625. The van der Waals surface area contributed by atoms with E-state index in [1.807, 2.05) is 12.1 Å². The number of nitrogens with one attached hydrogen (secondary N) is 2. The lowest BCUT2D eigenvalue weighted by Crippen LogP contribution is -2.28. The van der Waals surface area contributed by atoms with Crippen LogP contribution in [0.15, 0.2) is 53.1 Å². The van der Waals surface area contributed by atoms with Crippen LogP contribution in [0, 0.1) is 0 Å². The summed E-state index contributed by atoms with van der Waals surface area (Å²) < 4.78 is 5.11. The average Bonchev–Trinajstić information content (AvgIpc) is 3.02. The number of anilines is 1. The normalized spacial score (nSPS) is 10.4. The minimum absolute atomic E-state index is 0.0872. The first-order chi connectivity index (χ1) is 11.6. The quantitative estimate of drug-likeness (QED) is 0.722. The summed E-state index contributed by atoms with van der Waals surface area (Å²) in [7, 11) is 0. The predicted octanol–water partition coefficient (Wildman–Crippen LogP) is 4.37. The van der Waals surface area contributed by atoms with Gasteiger partial charge in [-0.1, -0.05) is 46.6 Å². The number of nitrogens with zero attached hydrogens (tertiary/aromatic N) is 2. The number of amides is 2. The number of carbonyl (C=O) groups excluding carboxylic acids is 1. The van der Waals surface area contributed by atoms with Crippen LogP contribution in [0.5, 0.6) is 0 Å². The first-order valence-corrected chi connectivity index (χ1v) is 7.75. The minimum atomic E-state index is -0.408. The Labute approximate surface area is 147 Å². The van der Waals surface area contributed by atoms with Gasteiger partial charge in [0.05, 0.1) is 11.6 Å². The molecule has 3 aromatic rings. The molecule has 0 aliphatic heterocycles. The third-order valence-electron chi connectivity index (χ3n) is 3.07. The molecule has 0 unspecified atom stereocenters. The number of carbonyl (C=O) groups is 1. The lowest BCUT2D eigenvalue weighted by Gasteiger charge is -2.05. The molecule has 1 heterocycles. The summed E-state index contributed by atoms with van der Waals surface area (Å²) in [4.78, 5) is 16.1. The van der Waals surface area contributed by atoms with E-state index in [1.165, 1.54) is 0 Å². The molecule has 3 rings (SSSR count). The molecular weight excluding hydrogens is 351 g/mol. The van der Waals surface area contributed by atoms with Crippen molar-refractivity contribution in [2.75, 3.05) is 5.32 Å². The molecule has 0 fully saturated rings. The molecule has 122 valence electrons. The Balaban J connectivity index is 1.59. The maximum atomic E-state index is 11.9. The fourth-order valence-corrected chi connectivity index (χ4v) is 2.39. The first-order valence-electron chi connectivity index (χ1n) is 7.00. The second-order valence-electron chi connectivity index (χ2n) is 4.81. The second-order valence-corrected chi connectivity index (χ2v) is 5.65. The third-order valence-corrected chi connectivity index (χ3v) is 3.63. The lowest BCUT2D eigenvalue weighted by atomic mass is 10.2. The predicted molar refractivity (Wildman–Crippen MR) is 92.1 cm³/mol. The molecule has 1 aromatic heterocycles. The van der Waals surface area contributed by atoms with Gasteiger partial charge in [0.2, 0.25) is 11.7 Å². The Morgan fingerprint density at radius 3 is 2.75 bits per heavy atom. The molecule has 0 radical (unpaired) electrons. The van der Waals surface area contributed by atoms with Gasteiger partial charge in [-0.3, -0.25) is 0 Å². The van der Waals surface area contributed by atoms with Crippen molar-refractivity contribution in [3.05, 3.63) is 64.5 Å². The van der Waals surface area contributed by atoms with E-state index in [0.29, 0.717) is 27.1 Å². The molecule has 24 heavy (non-hydrogen) atoms. The smallest absolute Gasteiger partial charge is 0.319 e. The van der Waals surface area contributed by atoms with Gasteiger partial charge in [0.15, 0.2) is 0 Å². The van der Waals surface area contributed by atoms with E-state index in [4.69, 9.17) is 27.7 Å². The number of urea groups is 1. The topological polar surface area (TPSA) is 80.1 Å². The zero-order valence-electron chi connectivity index (χ0n) is 12.3. The monoisotopic (exact) mass is 362 g/mol. The maximum Gasteiger partial charge on any atom is 0.319 e. The van der Waals surface area contributed by atoms with E-state index in [2.05, 4.69) is 20.8 Å². The molecule has 0 aliphatic carbocycles. The maximum absolute atomic E-state index is 11.9. The number of halogens is 2. The summed E-state index contributed by atoms with van der Waals surface area (Å²) >= 11 is 11.9. The zero-order chi connectivity index (χ0) is 16.9. The first kappa shape index (κ1) is 16.3. The molecule has 0 saturated carbocycles. The minimum Gasteiger partial charge on any atom is -0.337 e. The highest BCUT2D eigenvalue weighted by molar-refractivity contribution is 6.33. The van der Waals surface area contributed by atoms with Gasteiger partial charge in [-0.05, 0) is 30.3 Å². The number of aromatic nitrogens is 2. The van der Waals surface area contributed by atoms with Crippen LogP contribution < -0.4 is 10.6 Å². The number of rotatable bonds is 4. The molecule has 2 amide bonds. The number of benzene rings is 2. The lowest BCUT2D eigenvalue weighted by molar-refractivity contribution is 0.249. The summed E-state index contributed by atoms with van der Waals surface area (Å²) in [6.45, 7) is 0.0872. The van der Waals surface area contributed by atoms with Crippen LogP contribution in [0.4, 0.5) is 10.5 Å². The van der Waals surface area contributed by atoms with Crippen molar-refractivity contribution in [3.8, 4) is 11.4 Å². The van der Waals surface area contributed by atoms with Gasteiger partial charge >= 0.3 is 6.03 Å². The fourth-order valence-electron chi connectivity index (χ4n) is 1.98. The summed E-state index contributed by atoms with van der Waals surface area (Å²) in [6.07, 6.45) is 0. The molecule has 0 spiro atoms. The number of hydrogen-bond donors (Lipinski definition) is 2. The van der Waals surface area contributed by atoms with Crippen LogP contribution in [0.2, 0.25) is 10.0 Å². The van der Waals surface area contributed by atoms with E-state index in [1.54, 1.807) is 36.4 Å². The van der Waals surface area contributed by atoms with E-state index in [0.717, 1.165) is 0 Å². The Hall–Kier alpha value is -2.57.